The van der Waals surface area contributed by atoms with Gasteiger partial charge >= 0.3 is 0 Å². The molecule has 0 bridgehead atoms. The molecule has 0 amide bonds. The number of pyridine rings is 1. The number of anilines is 2. The number of aromatic nitrogens is 2. The van der Waals surface area contributed by atoms with Crippen LogP contribution in [-0.2, 0) is 6.54 Å². The quantitative estimate of drug-likeness (QED) is 0.801. The molecule has 0 unspecified atom stereocenters. The van der Waals surface area contributed by atoms with Crippen LogP contribution in [0, 0.1) is 12.7 Å². The van der Waals surface area contributed by atoms with Crippen LogP contribution in [0.3, 0.4) is 0 Å². The van der Waals surface area contributed by atoms with E-state index < -0.39 is 0 Å². The zero-order valence-electron chi connectivity index (χ0n) is 12.6. The molecule has 0 spiro atoms. The Hall–Kier alpha value is -2.89. The highest BCUT2D eigenvalue weighted by atomic mass is 19.1. The van der Waals surface area contributed by atoms with Crippen molar-refractivity contribution < 1.29 is 8.91 Å². The number of hydrogen-bond donors (Lipinski definition) is 1. The van der Waals surface area contributed by atoms with E-state index in [0.29, 0.717) is 13.2 Å². The minimum Gasteiger partial charge on any atom is -0.361 e. The summed E-state index contributed by atoms with van der Waals surface area (Å²) in [5, 5.41) is 7.30. The Bertz CT molecular complexity index is 844. The van der Waals surface area contributed by atoms with Gasteiger partial charge in [-0.2, -0.15) is 0 Å². The van der Waals surface area contributed by atoms with Crippen molar-refractivity contribution in [3.63, 3.8) is 0 Å². The van der Waals surface area contributed by atoms with Crippen molar-refractivity contribution in [2.45, 2.75) is 13.5 Å². The summed E-state index contributed by atoms with van der Waals surface area (Å²) in [6, 6.07) is 10.4. The first-order chi connectivity index (χ1) is 11.2. The van der Waals surface area contributed by atoms with Crippen molar-refractivity contribution in [1.82, 2.24) is 10.1 Å². The molecule has 3 aromatic rings. The molecule has 1 aliphatic heterocycles. The highest BCUT2D eigenvalue weighted by molar-refractivity contribution is 5.77. The van der Waals surface area contributed by atoms with Crippen LogP contribution in [0.2, 0.25) is 0 Å². The molecule has 0 aliphatic carbocycles. The molecule has 23 heavy (non-hydrogen) atoms. The molecule has 0 saturated carbocycles. The first-order valence-corrected chi connectivity index (χ1v) is 7.36. The van der Waals surface area contributed by atoms with Crippen molar-refractivity contribution in [3.05, 3.63) is 59.9 Å². The van der Waals surface area contributed by atoms with E-state index >= 15 is 0 Å². The predicted molar refractivity (Wildman–Crippen MR) is 85.5 cm³/mol. The molecule has 4 rings (SSSR count). The lowest BCUT2D eigenvalue weighted by molar-refractivity contribution is 0.390. The summed E-state index contributed by atoms with van der Waals surface area (Å²) < 4.78 is 18.2. The van der Waals surface area contributed by atoms with Gasteiger partial charge in [0.1, 0.15) is 17.3 Å². The number of fused-ring (bicyclic) bond motifs is 1. The Morgan fingerprint density at radius 1 is 1.22 bits per heavy atom. The van der Waals surface area contributed by atoms with E-state index in [2.05, 4.69) is 26.4 Å². The maximum absolute atomic E-state index is 13.1. The fraction of sp³-hybridized carbons (Fsp3) is 0.176. The summed E-state index contributed by atoms with van der Waals surface area (Å²) in [4.78, 5) is 6.61. The second kappa shape index (κ2) is 5.39. The molecule has 1 N–H and O–H groups in total. The van der Waals surface area contributed by atoms with Crippen molar-refractivity contribution in [2.24, 2.45) is 0 Å². The van der Waals surface area contributed by atoms with Crippen molar-refractivity contribution >= 4 is 11.5 Å². The molecule has 6 heteroatoms. The van der Waals surface area contributed by atoms with Crippen LogP contribution in [0.15, 0.2) is 47.1 Å². The zero-order valence-corrected chi connectivity index (χ0v) is 12.6. The van der Waals surface area contributed by atoms with Crippen LogP contribution in [0.4, 0.5) is 15.9 Å². The first-order valence-electron chi connectivity index (χ1n) is 7.36. The van der Waals surface area contributed by atoms with E-state index in [1.54, 1.807) is 18.3 Å². The fourth-order valence-corrected chi connectivity index (χ4v) is 2.72. The molecule has 1 aliphatic rings. The molecule has 1 aromatic carbocycles. The highest BCUT2D eigenvalue weighted by Gasteiger charge is 2.21. The SMILES string of the molecule is Cc1cc(CN2CNc3ncc(-c4ccc(F)cc4)cc32)no1. The van der Waals surface area contributed by atoms with Gasteiger partial charge in [0.25, 0.3) is 0 Å². The van der Waals surface area contributed by atoms with E-state index in [-0.39, 0.29) is 5.82 Å². The van der Waals surface area contributed by atoms with Crippen LogP contribution in [0.5, 0.6) is 0 Å². The molecule has 0 radical (unpaired) electrons. The molecule has 116 valence electrons. The van der Waals surface area contributed by atoms with Gasteiger partial charge in [-0.25, -0.2) is 9.37 Å². The van der Waals surface area contributed by atoms with Crippen LogP contribution in [-0.4, -0.2) is 16.8 Å². The predicted octanol–water partition coefficient (Wildman–Crippen LogP) is 3.57. The molecule has 3 heterocycles. The summed E-state index contributed by atoms with van der Waals surface area (Å²) in [5.74, 6) is 1.40. The van der Waals surface area contributed by atoms with Crippen molar-refractivity contribution in [2.75, 3.05) is 16.9 Å². The maximum Gasteiger partial charge on any atom is 0.151 e. The molecule has 5 nitrogen and oxygen atoms in total. The average Bonchev–Trinajstić information content (AvgIpc) is 3.15. The zero-order chi connectivity index (χ0) is 15.8. The number of hydrogen-bond acceptors (Lipinski definition) is 5. The lowest BCUT2D eigenvalue weighted by Gasteiger charge is -2.16. The van der Waals surface area contributed by atoms with Gasteiger partial charge in [0.2, 0.25) is 0 Å². The summed E-state index contributed by atoms with van der Waals surface area (Å²) in [6.07, 6.45) is 1.79. The van der Waals surface area contributed by atoms with E-state index in [1.165, 1.54) is 12.1 Å². The molecular formula is C17H15FN4O. The van der Waals surface area contributed by atoms with Crippen molar-refractivity contribution in [1.29, 1.82) is 0 Å². The number of aryl methyl sites for hydroxylation is 1. The van der Waals surface area contributed by atoms with Gasteiger partial charge in [0.05, 0.1) is 18.9 Å². The summed E-state index contributed by atoms with van der Waals surface area (Å²) in [6.45, 7) is 3.19. The minimum absolute atomic E-state index is 0.243. The normalized spacial score (nSPS) is 13.0. The lowest BCUT2D eigenvalue weighted by Crippen LogP contribution is -2.22. The second-order valence-corrected chi connectivity index (χ2v) is 5.56. The summed E-state index contributed by atoms with van der Waals surface area (Å²) in [5.41, 5.74) is 3.77. The number of rotatable bonds is 3. The highest BCUT2D eigenvalue weighted by Crippen LogP contribution is 2.34. The number of nitrogens with zero attached hydrogens (tertiary/aromatic N) is 3. The maximum atomic E-state index is 13.1. The van der Waals surface area contributed by atoms with Gasteiger partial charge in [-0.15, -0.1) is 0 Å². The largest absolute Gasteiger partial charge is 0.361 e. The molecule has 0 atom stereocenters. The number of nitrogens with one attached hydrogen (secondary N) is 1. The first kappa shape index (κ1) is 13.8. The molecule has 0 saturated heterocycles. The van der Waals surface area contributed by atoms with Crippen molar-refractivity contribution in [3.8, 4) is 11.1 Å². The van der Waals surface area contributed by atoms with Gasteiger partial charge in [-0.05, 0) is 30.7 Å². The number of halogens is 1. The fourth-order valence-electron chi connectivity index (χ4n) is 2.72. The van der Waals surface area contributed by atoms with Crippen LogP contribution < -0.4 is 10.2 Å². The van der Waals surface area contributed by atoms with Gasteiger partial charge in [0, 0.05) is 17.8 Å². The third kappa shape index (κ3) is 2.63. The molecule has 0 fully saturated rings. The monoisotopic (exact) mass is 310 g/mol. The molecular weight excluding hydrogens is 295 g/mol. The van der Waals surface area contributed by atoms with Crippen LogP contribution in [0.25, 0.3) is 11.1 Å². The minimum atomic E-state index is -0.243. The Labute approximate surface area is 132 Å². The second-order valence-electron chi connectivity index (χ2n) is 5.56. The van der Waals surface area contributed by atoms with Crippen LogP contribution >= 0.6 is 0 Å². The third-order valence-corrected chi connectivity index (χ3v) is 3.85. The third-order valence-electron chi connectivity index (χ3n) is 3.85. The Balaban J connectivity index is 1.64. The number of benzene rings is 1. The van der Waals surface area contributed by atoms with Gasteiger partial charge in [0.15, 0.2) is 5.82 Å². The van der Waals surface area contributed by atoms with E-state index in [4.69, 9.17) is 4.52 Å². The van der Waals surface area contributed by atoms with Gasteiger partial charge in [-0.3, -0.25) is 0 Å². The standard InChI is InChI=1S/C17H15FN4O/c1-11-6-15(21-23-11)9-22-10-20-17-16(22)7-13(8-19-17)12-2-4-14(18)5-3-12/h2-8H,9-10H2,1H3,(H,19,20). The summed E-state index contributed by atoms with van der Waals surface area (Å²) in [7, 11) is 0. The summed E-state index contributed by atoms with van der Waals surface area (Å²) >= 11 is 0. The Morgan fingerprint density at radius 3 is 2.78 bits per heavy atom. The van der Waals surface area contributed by atoms with Gasteiger partial charge in [-0.1, -0.05) is 17.3 Å². The van der Waals surface area contributed by atoms with E-state index in [9.17, 15) is 4.39 Å². The van der Waals surface area contributed by atoms with E-state index in [1.807, 2.05) is 13.0 Å². The Morgan fingerprint density at radius 2 is 2.04 bits per heavy atom. The topological polar surface area (TPSA) is 54.2 Å². The lowest BCUT2D eigenvalue weighted by atomic mass is 10.1. The smallest absolute Gasteiger partial charge is 0.151 e. The van der Waals surface area contributed by atoms with Gasteiger partial charge < -0.3 is 14.7 Å². The Kier molecular flexibility index (Phi) is 3.22. The van der Waals surface area contributed by atoms with E-state index in [0.717, 1.165) is 34.1 Å². The molecule has 2 aromatic heterocycles. The van der Waals surface area contributed by atoms with Crippen LogP contribution in [0.1, 0.15) is 11.5 Å². The average molecular weight is 310 g/mol.